The molecular weight excluding hydrogens is 261 g/mol. The van der Waals surface area contributed by atoms with Crippen LogP contribution in [0.2, 0.25) is 10.0 Å². The van der Waals surface area contributed by atoms with Crippen LogP contribution in [0.1, 0.15) is 25.5 Å². The molecule has 0 aromatic heterocycles. The SMILES string of the molecule is CC1(C)CSCC(c2cc(Cl)ccc2Cl)N1. The minimum atomic E-state index is 0.152. The zero-order chi connectivity index (χ0) is 11.8. The summed E-state index contributed by atoms with van der Waals surface area (Å²) in [6.07, 6.45) is 0. The molecule has 1 heterocycles. The van der Waals surface area contributed by atoms with Gasteiger partial charge in [-0.1, -0.05) is 23.2 Å². The fourth-order valence-electron chi connectivity index (χ4n) is 1.94. The van der Waals surface area contributed by atoms with E-state index < -0.39 is 0 Å². The monoisotopic (exact) mass is 275 g/mol. The van der Waals surface area contributed by atoms with Crippen molar-refractivity contribution >= 4 is 35.0 Å². The van der Waals surface area contributed by atoms with Crippen molar-refractivity contribution in [3.63, 3.8) is 0 Å². The Balaban J connectivity index is 2.26. The molecule has 1 saturated heterocycles. The molecule has 0 saturated carbocycles. The van der Waals surface area contributed by atoms with E-state index in [1.54, 1.807) is 0 Å². The molecule has 1 unspecified atom stereocenters. The van der Waals surface area contributed by atoms with Gasteiger partial charge < -0.3 is 5.32 Å². The lowest BCUT2D eigenvalue weighted by molar-refractivity contribution is 0.376. The zero-order valence-corrected chi connectivity index (χ0v) is 11.7. The maximum atomic E-state index is 6.21. The molecule has 16 heavy (non-hydrogen) atoms. The molecule has 1 nitrogen and oxygen atoms in total. The molecule has 1 fully saturated rings. The van der Waals surface area contributed by atoms with E-state index in [0.29, 0.717) is 6.04 Å². The Morgan fingerprint density at radius 1 is 1.38 bits per heavy atom. The van der Waals surface area contributed by atoms with Crippen molar-refractivity contribution in [1.82, 2.24) is 5.32 Å². The second-order valence-corrected chi connectivity index (χ2v) is 6.64. The molecule has 0 spiro atoms. The van der Waals surface area contributed by atoms with Crippen LogP contribution in [-0.2, 0) is 0 Å². The molecule has 0 amide bonds. The third-order valence-corrected chi connectivity index (χ3v) is 4.72. The highest BCUT2D eigenvalue weighted by molar-refractivity contribution is 7.99. The first-order valence-corrected chi connectivity index (χ1v) is 7.19. The van der Waals surface area contributed by atoms with E-state index in [1.165, 1.54) is 0 Å². The Morgan fingerprint density at radius 3 is 2.81 bits per heavy atom. The lowest BCUT2D eigenvalue weighted by Crippen LogP contribution is -2.48. The van der Waals surface area contributed by atoms with Crippen LogP contribution in [-0.4, -0.2) is 17.0 Å². The van der Waals surface area contributed by atoms with Gasteiger partial charge in [-0.05, 0) is 37.6 Å². The summed E-state index contributed by atoms with van der Waals surface area (Å²) >= 11 is 14.2. The lowest BCUT2D eigenvalue weighted by Gasteiger charge is -2.37. The molecule has 0 aliphatic carbocycles. The molecule has 2 rings (SSSR count). The maximum absolute atomic E-state index is 6.21. The smallest absolute Gasteiger partial charge is 0.0455 e. The number of rotatable bonds is 1. The summed E-state index contributed by atoms with van der Waals surface area (Å²) in [6.45, 7) is 4.43. The molecule has 1 aliphatic rings. The Kier molecular flexibility index (Phi) is 3.75. The highest BCUT2D eigenvalue weighted by Gasteiger charge is 2.29. The number of thioether (sulfide) groups is 1. The average molecular weight is 276 g/mol. The van der Waals surface area contributed by atoms with Crippen molar-refractivity contribution < 1.29 is 0 Å². The highest BCUT2D eigenvalue weighted by Crippen LogP contribution is 2.33. The van der Waals surface area contributed by atoms with E-state index in [-0.39, 0.29) is 5.54 Å². The Bertz CT molecular complexity index is 393. The van der Waals surface area contributed by atoms with Crippen molar-refractivity contribution in [2.24, 2.45) is 0 Å². The van der Waals surface area contributed by atoms with Crippen molar-refractivity contribution in [2.45, 2.75) is 25.4 Å². The summed E-state index contributed by atoms with van der Waals surface area (Å²) in [5.41, 5.74) is 1.26. The predicted molar refractivity (Wildman–Crippen MR) is 73.7 cm³/mol. The Hall–Kier alpha value is 0.110. The van der Waals surface area contributed by atoms with Gasteiger partial charge in [0.05, 0.1) is 0 Å². The third-order valence-electron chi connectivity index (χ3n) is 2.65. The molecule has 1 aromatic carbocycles. The molecular formula is C12H15Cl2NS. The van der Waals surface area contributed by atoms with E-state index in [1.807, 2.05) is 30.0 Å². The fraction of sp³-hybridized carbons (Fsp3) is 0.500. The van der Waals surface area contributed by atoms with Gasteiger partial charge >= 0.3 is 0 Å². The van der Waals surface area contributed by atoms with Gasteiger partial charge in [0, 0.05) is 33.1 Å². The predicted octanol–water partition coefficient (Wildman–Crippen LogP) is 4.15. The molecule has 1 aromatic rings. The highest BCUT2D eigenvalue weighted by atomic mass is 35.5. The first-order valence-electron chi connectivity index (χ1n) is 5.28. The van der Waals surface area contributed by atoms with Crippen LogP contribution < -0.4 is 5.32 Å². The standard InChI is InChI=1S/C12H15Cl2NS/c1-12(2)7-16-6-11(15-12)9-5-8(13)3-4-10(9)14/h3-5,11,15H,6-7H2,1-2H3. The molecule has 0 radical (unpaired) electrons. The minimum Gasteiger partial charge on any atom is -0.303 e. The molecule has 4 heteroatoms. The number of hydrogen-bond donors (Lipinski definition) is 1. The van der Waals surface area contributed by atoms with Gasteiger partial charge in [-0.2, -0.15) is 11.8 Å². The van der Waals surface area contributed by atoms with Crippen LogP contribution in [0.4, 0.5) is 0 Å². The van der Waals surface area contributed by atoms with Crippen LogP contribution in [0.25, 0.3) is 0 Å². The van der Waals surface area contributed by atoms with Crippen LogP contribution in [0.3, 0.4) is 0 Å². The van der Waals surface area contributed by atoms with Gasteiger partial charge in [-0.15, -0.1) is 0 Å². The van der Waals surface area contributed by atoms with Crippen LogP contribution in [0.15, 0.2) is 18.2 Å². The normalized spacial score (nSPS) is 24.4. The van der Waals surface area contributed by atoms with E-state index in [0.717, 1.165) is 27.1 Å². The van der Waals surface area contributed by atoms with Gasteiger partial charge in [0.1, 0.15) is 0 Å². The first-order chi connectivity index (χ1) is 7.48. The maximum Gasteiger partial charge on any atom is 0.0455 e. The van der Waals surface area contributed by atoms with Gasteiger partial charge in [-0.25, -0.2) is 0 Å². The summed E-state index contributed by atoms with van der Waals surface area (Å²) in [5, 5.41) is 5.15. The summed E-state index contributed by atoms with van der Waals surface area (Å²) < 4.78 is 0. The summed E-state index contributed by atoms with van der Waals surface area (Å²) in [4.78, 5) is 0. The number of hydrogen-bond acceptors (Lipinski definition) is 2. The Labute approximate surface area is 111 Å². The molecule has 88 valence electrons. The van der Waals surface area contributed by atoms with Crippen LogP contribution >= 0.6 is 35.0 Å². The number of nitrogens with one attached hydrogen (secondary N) is 1. The van der Waals surface area contributed by atoms with Crippen molar-refractivity contribution in [1.29, 1.82) is 0 Å². The molecule has 1 N–H and O–H groups in total. The quantitative estimate of drug-likeness (QED) is 0.827. The first kappa shape index (κ1) is 12.6. The van der Waals surface area contributed by atoms with Crippen LogP contribution in [0.5, 0.6) is 0 Å². The Morgan fingerprint density at radius 2 is 2.12 bits per heavy atom. The second kappa shape index (κ2) is 4.77. The van der Waals surface area contributed by atoms with Crippen molar-refractivity contribution in [3.05, 3.63) is 33.8 Å². The molecule has 1 aliphatic heterocycles. The summed E-state index contributed by atoms with van der Waals surface area (Å²) in [6, 6.07) is 5.95. The topological polar surface area (TPSA) is 12.0 Å². The minimum absolute atomic E-state index is 0.152. The number of benzene rings is 1. The fourth-order valence-corrected chi connectivity index (χ4v) is 3.58. The second-order valence-electron chi connectivity index (χ2n) is 4.76. The van der Waals surface area contributed by atoms with E-state index in [4.69, 9.17) is 23.2 Å². The third kappa shape index (κ3) is 2.86. The lowest BCUT2D eigenvalue weighted by atomic mass is 10.0. The van der Waals surface area contributed by atoms with Gasteiger partial charge in [0.15, 0.2) is 0 Å². The largest absolute Gasteiger partial charge is 0.303 e. The average Bonchev–Trinajstić information content (AvgIpc) is 2.20. The summed E-state index contributed by atoms with van der Waals surface area (Å²) in [5.74, 6) is 2.17. The number of halogens is 2. The van der Waals surface area contributed by atoms with E-state index in [2.05, 4.69) is 19.2 Å². The molecule has 1 atom stereocenters. The van der Waals surface area contributed by atoms with Crippen molar-refractivity contribution in [3.8, 4) is 0 Å². The van der Waals surface area contributed by atoms with E-state index in [9.17, 15) is 0 Å². The van der Waals surface area contributed by atoms with Gasteiger partial charge in [-0.3, -0.25) is 0 Å². The zero-order valence-electron chi connectivity index (χ0n) is 9.39. The van der Waals surface area contributed by atoms with E-state index >= 15 is 0 Å². The van der Waals surface area contributed by atoms with Crippen LogP contribution in [0, 0.1) is 0 Å². The van der Waals surface area contributed by atoms with Gasteiger partial charge in [0.2, 0.25) is 0 Å². The molecule has 0 bridgehead atoms. The summed E-state index contributed by atoms with van der Waals surface area (Å²) in [7, 11) is 0. The van der Waals surface area contributed by atoms with Gasteiger partial charge in [0.25, 0.3) is 0 Å². The van der Waals surface area contributed by atoms with Crippen molar-refractivity contribution in [2.75, 3.05) is 11.5 Å².